The number of rotatable bonds is 5. The minimum atomic E-state index is -1.06. The topological polar surface area (TPSA) is 68.5 Å². The molecule has 21 heavy (non-hydrogen) atoms. The van der Waals surface area contributed by atoms with Gasteiger partial charge in [-0.25, -0.2) is 4.79 Å². The quantitative estimate of drug-likeness (QED) is 0.669. The Labute approximate surface area is 124 Å². The molecule has 1 amide bonds. The van der Waals surface area contributed by atoms with Crippen molar-refractivity contribution in [2.75, 3.05) is 0 Å². The molecule has 5 nitrogen and oxygen atoms in total. The van der Waals surface area contributed by atoms with Crippen LogP contribution in [0.3, 0.4) is 0 Å². The summed E-state index contributed by atoms with van der Waals surface area (Å²) in [5.41, 5.74) is 0.247. The number of hydrogen-bond donors (Lipinski definition) is 1. The van der Waals surface area contributed by atoms with Gasteiger partial charge in [-0.2, -0.15) is 0 Å². The largest absolute Gasteiger partial charge is 0.465 e. The van der Waals surface area contributed by atoms with Crippen LogP contribution in [-0.4, -0.2) is 17.9 Å². The van der Waals surface area contributed by atoms with E-state index in [2.05, 4.69) is 11.9 Å². The first-order valence-corrected chi connectivity index (χ1v) is 7.28. The predicted octanol–water partition coefficient (Wildman–Crippen LogP) is 2.89. The van der Waals surface area contributed by atoms with E-state index in [-0.39, 0.29) is 17.5 Å². The zero-order valence-electron chi connectivity index (χ0n) is 12.3. The van der Waals surface area contributed by atoms with Crippen LogP contribution in [0.15, 0.2) is 35.0 Å². The van der Waals surface area contributed by atoms with Gasteiger partial charge in [-0.05, 0) is 31.9 Å². The van der Waals surface area contributed by atoms with E-state index >= 15 is 0 Å². The summed E-state index contributed by atoms with van der Waals surface area (Å²) in [7, 11) is 0. The van der Waals surface area contributed by atoms with Gasteiger partial charge in [-0.1, -0.05) is 25.8 Å². The molecule has 1 aromatic heterocycles. The van der Waals surface area contributed by atoms with Crippen molar-refractivity contribution in [1.82, 2.24) is 5.32 Å². The van der Waals surface area contributed by atoms with E-state index in [4.69, 9.17) is 9.15 Å². The van der Waals surface area contributed by atoms with Crippen LogP contribution in [0.4, 0.5) is 0 Å². The van der Waals surface area contributed by atoms with Crippen molar-refractivity contribution in [3.05, 3.63) is 36.3 Å². The number of hydrogen-bond acceptors (Lipinski definition) is 4. The lowest BCUT2D eigenvalue weighted by Gasteiger charge is -2.25. The smallest absolute Gasteiger partial charge is 0.334 e. The number of furan rings is 1. The fourth-order valence-corrected chi connectivity index (χ4v) is 2.41. The van der Waals surface area contributed by atoms with E-state index in [1.54, 1.807) is 19.1 Å². The maximum Gasteiger partial charge on any atom is 0.334 e. The Morgan fingerprint density at radius 2 is 2.10 bits per heavy atom. The number of nitrogens with one attached hydrogen (secondary N) is 1. The lowest BCUT2D eigenvalue weighted by atomic mass is 9.95. The molecule has 0 spiro atoms. The highest BCUT2D eigenvalue weighted by Gasteiger charge is 2.29. The summed E-state index contributed by atoms with van der Waals surface area (Å²) in [6.45, 7) is 5.07. The molecule has 0 aliphatic heterocycles. The van der Waals surface area contributed by atoms with E-state index in [0.29, 0.717) is 5.76 Å². The molecule has 1 atom stereocenters. The average Bonchev–Trinajstić information content (AvgIpc) is 2.99. The Morgan fingerprint density at radius 3 is 2.67 bits per heavy atom. The highest BCUT2D eigenvalue weighted by molar-refractivity contribution is 5.90. The third kappa shape index (κ3) is 4.21. The molecule has 1 aromatic rings. The fraction of sp³-hybridized carbons (Fsp3) is 0.500. The third-order valence-electron chi connectivity index (χ3n) is 3.56. The molecule has 0 bridgehead atoms. The van der Waals surface area contributed by atoms with Crippen LogP contribution < -0.4 is 5.32 Å². The number of amides is 1. The summed E-state index contributed by atoms with van der Waals surface area (Å²) < 4.78 is 10.4. The Hall–Kier alpha value is -2.04. The molecule has 0 saturated heterocycles. The van der Waals surface area contributed by atoms with E-state index in [1.807, 2.05) is 0 Å². The predicted molar refractivity (Wildman–Crippen MR) is 77.4 cm³/mol. The van der Waals surface area contributed by atoms with Crippen LogP contribution in [0, 0.1) is 0 Å². The molecule has 1 saturated carbocycles. The number of carbonyl (C=O) groups is 2. The molecule has 1 heterocycles. The molecule has 5 heteroatoms. The maximum atomic E-state index is 12.4. The standard InChI is InChI=1S/C16H21NO4/c1-11(2)16(19)21-14(13-9-6-10-20-13)15(18)17-12-7-4-3-5-8-12/h6,9-10,12,14H,1,3-5,7-8H2,2H3,(H,17,18). The van der Waals surface area contributed by atoms with Crippen LogP contribution in [0.25, 0.3) is 0 Å². The van der Waals surface area contributed by atoms with E-state index in [0.717, 1.165) is 25.7 Å². The summed E-state index contributed by atoms with van der Waals surface area (Å²) in [4.78, 5) is 24.1. The second-order valence-corrected chi connectivity index (χ2v) is 5.42. The van der Waals surface area contributed by atoms with Gasteiger partial charge in [0.05, 0.1) is 6.26 Å². The van der Waals surface area contributed by atoms with Crippen LogP contribution in [0.5, 0.6) is 0 Å². The van der Waals surface area contributed by atoms with Crippen LogP contribution >= 0.6 is 0 Å². The molecule has 2 rings (SSSR count). The number of carbonyl (C=O) groups excluding carboxylic acids is 2. The Balaban J connectivity index is 2.05. The summed E-state index contributed by atoms with van der Waals surface area (Å²) in [5, 5.41) is 2.95. The van der Waals surface area contributed by atoms with Gasteiger partial charge in [-0.3, -0.25) is 4.79 Å². The molecule has 114 valence electrons. The first-order chi connectivity index (χ1) is 10.1. The minimum absolute atomic E-state index is 0.146. The zero-order valence-corrected chi connectivity index (χ0v) is 12.3. The van der Waals surface area contributed by atoms with Crippen molar-refractivity contribution in [1.29, 1.82) is 0 Å². The first-order valence-electron chi connectivity index (χ1n) is 7.28. The van der Waals surface area contributed by atoms with Crippen molar-refractivity contribution >= 4 is 11.9 Å². The van der Waals surface area contributed by atoms with Gasteiger partial charge in [0.2, 0.25) is 6.10 Å². The van der Waals surface area contributed by atoms with Gasteiger partial charge in [0.1, 0.15) is 0 Å². The molecular formula is C16H21NO4. The number of esters is 1. The van der Waals surface area contributed by atoms with E-state index in [9.17, 15) is 9.59 Å². The Bertz CT molecular complexity index is 500. The van der Waals surface area contributed by atoms with Gasteiger partial charge < -0.3 is 14.5 Å². The summed E-state index contributed by atoms with van der Waals surface area (Å²) in [6.07, 6.45) is 5.75. The van der Waals surface area contributed by atoms with Crippen molar-refractivity contribution in [2.24, 2.45) is 0 Å². The van der Waals surface area contributed by atoms with Gasteiger partial charge >= 0.3 is 5.97 Å². The fourth-order valence-electron chi connectivity index (χ4n) is 2.41. The molecular weight excluding hydrogens is 270 g/mol. The zero-order chi connectivity index (χ0) is 15.2. The van der Waals surface area contributed by atoms with Crippen LogP contribution in [0.1, 0.15) is 50.9 Å². The highest BCUT2D eigenvalue weighted by atomic mass is 16.6. The van der Waals surface area contributed by atoms with Gasteiger partial charge in [0.25, 0.3) is 5.91 Å². The van der Waals surface area contributed by atoms with E-state index < -0.39 is 12.1 Å². The number of ether oxygens (including phenoxy) is 1. The highest BCUT2D eigenvalue weighted by Crippen LogP contribution is 2.22. The molecule has 1 fully saturated rings. The SMILES string of the molecule is C=C(C)C(=O)OC(C(=O)NC1CCCCC1)c1ccco1. The molecule has 1 unspecified atom stereocenters. The minimum Gasteiger partial charge on any atom is -0.465 e. The monoisotopic (exact) mass is 291 g/mol. The average molecular weight is 291 g/mol. The van der Waals surface area contributed by atoms with Gasteiger partial charge in [0.15, 0.2) is 5.76 Å². The molecule has 0 radical (unpaired) electrons. The van der Waals surface area contributed by atoms with Crippen LogP contribution in [0.2, 0.25) is 0 Å². The van der Waals surface area contributed by atoms with Crippen molar-refractivity contribution in [3.63, 3.8) is 0 Å². The summed E-state index contributed by atoms with van der Waals surface area (Å²) >= 11 is 0. The van der Waals surface area contributed by atoms with Gasteiger partial charge in [0, 0.05) is 11.6 Å². The third-order valence-corrected chi connectivity index (χ3v) is 3.56. The van der Waals surface area contributed by atoms with Crippen molar-refractivity contribution < 1.29 is 18.7 Å². The lowest BCUT2D eigenvalue weighted by Crippen LogP contribution is -2.40. The normalized spacial score (nSPS) is 17.0. The Kier molecular flexibility index (Phi) is 5.20. The second-order valence-electron chi connectivity index (χ2n) is 5.42. The Morgan fingerprint density at radius 1 is 1.38 bits per heavy atom. The summed E-state index contributed by atoms with van der Waals surface area (Å²) in [6, 6.07) is 3.43. The molecule has 1 aliphatic rings. The van der Waals surface area contributed by atoms with E-state index in [1.165, 1.54) is 12.7 Å². The molecule has 1 aliphatic carbocycles. The van der Waals surface area contributed by atoms with Crippen molar-refractivity contribution in [2.45, 2.75) is 51.2 Å². The van der Waals surface area contributed by atoms with Crippen molar-refractivity contribution in [3.8, 4) is 0 Å². The molecule has 1 N–H and O–H groups in total. The second kappa shape index (κ2) is 7.11. The van der Waals surface area contributed by atoms with Gasteiger partial charge in [-0.15, -0.1) is 0 Å². The molecule has 0 aromatic carbocycles. The summed E-state index contributed by atoms with van der Waals surface area (Å²) in [5.74, 6) is -0.625. The maximum absolute atomic E-state index is 12.4. The first kappa shape index (κ1) is 15.4. The van der Waals surface area contributed by atoms with Crippen LogP contribution in [-0.2, 0) is 14.3 Å². The lowest BCUT2D eigenvalue weighted by molar-refractivity contribution is -0.154.